The maximum atomic E-state index is 13.2. The van der Waals surface area contributed by atoms with Crippen molar-refractivity contribution < 1.29 is 27.2 Å². The van der Waals surface area contributed by atoms with Gasteiger partial charge in [0.15, 0.2) is 5.76 Å². The number of anilines is 1. The lowest BCUT2D eigenvalue weighted by atomic mass is 10.1. The molecule has 0 saturated heterocycles. The van der Waals surface area contributed by atoms with Crippen molar-refractivity contribution in [2.45, 2.75) is 33.5 Å². The van der Waals surface area contributed by atoms with Crippen molar-refractivity contribution in [3.05, 3.63) is 62.3 Å². The number of carbonyl (C=O) groups is 2. The van der Waals surface area contributed by atoms with E-state index in [9.17, 15) is 22.8 Å². The molecule has 0 bridgehead atoms. The molecule has 0 atom stereocenters. The van der Waals surface area contributed by atoms with Crippen molar-refractivity contribution in [1.29, 1.82) is 0 Å². The quantitative estimate of drug-likeness (QED) is 0.387. The Balaban J connectivity index is 1.66. The van der Waals surface area contributed by atoms with Gasteiger partial charge >= 0.3 is 6.18 Å². The molecule has 178 valence electrons. The molecule has 2 amide bonds. The highest BCUT2D eigenvalue weighted by Gasteiger charge is 2.34. The molecule has 0 radical (unpaired) electrons. The molecule has 8 nitrogen and oxygen atoms in total. The fraction of sp³-hybridized carbons (Fsp3) is 0.238. The van der Waals surface area contributed by atoms with E-state index >= 15 is 0 Å². The van der Waals surface area contributed by atoms with Crippen LogP contribution in [0.4, 0.5) is 18.9 Å². The predicted octanol–water partition coefficient (Wildman–Crippen LogP) is 5.08. The number of nitrogens with two attached hydrogens (primary N) is 1. The summed E-state index contributed by atoms with van der Waals surface area (Å²) in [6, 6.07) is 3.87. The number of hydrogen-bond acceptors (Lipinski definition) is 6. The van der Waals surface area contributed by atoms with Gasteiger partial charge in [0.05, 0.1) is 28.6 Å². The minimum Gasteiger partial charge on any atom is -0.454 e. The van der Waals surface area contributed by atoms with Gasteiger partial charge in [0.25, 0.3) is 11.8 Å². The van der Waals surface area contributed by atoms with E-state index in [4.69, 9.17) is 21.8 Å². The number of thiophene rings is 1. The molecule has 0 aromatic carbocycles. The van der Waals surface area contributed by atoms with Crippen LogP contribution < -0.4 is 11.1 Å². The van der Waals surface area contributed by atoms with Crippen molar-refractivity contribution in [2.24, 2.45) is 5.73 Å². The maximum Gasteiger partial charge on any atom is 0.433 e. The zero-order valence-electron chi connectivity index (χ0n) is 18.0. The predicted molar refractivity (Wildman–Crippen MR) is 120 cm³/mol. The molecule has 0 aliphatic heterocycles. The van der Waals surface area contributed by atoms with E-state index in [0.29, 0.717) is 27.8 Å². The SMILES string of the molecule is Cc1nn(Cc2ccc(C(=O)Nc3c(C(N)=O)sc4nc(C(F)(F)F)cc(C)c34)o2)c(C)c1Cl. The Morgan fingerprint density at radius 2 is 1.97 bits per heavy atom. The number of pyridine rings is 1. The molecule has 34 heavy (non-hydrogen) atoms. The number of amides is 2. The van der Waals surface area contributed by atoms with Crippen LogP contribution in [0.25, 0.3) is 10.2 Å². The summed E-state index contributed by atoms with van der Waals surface area (Å²) >= 11 is 6.82. The summed E-state index contributed by atoms with van der Waals surface area (Å²) in [5, 5.41) is 7.58. The third-order valence-corrected chi connectivity index (χ3v) is 6.74. The molecule has 0 fully saturated rings. The molecule has 0 aliphatic rings. The first-order valence-electron chi connectivity index (χ1n) is 9.77. The van der Waals surface area contributed by atoms with Gasteiger partial charge in [-0.25, -0.2) is 4.98 Å². The van der Waals surface area contributed by atoms with E-state index < -0.39 is 23.7 Å². The summed E-state index contributed by atoms with van der Waals surface area (Å²) < 4.78 is 46.7. The van der Waals surface area contributed by atoms with Crippen LogP contribution in [0, 0.1) is 20.8 Å². The van der Waals surface area contributed by atoms with E-state index in [2.05, 4.69) is 15.4 Å². The second kappa shape index (κ2) is 8.44. The van der Waals surface area contributed by atoms with Gasteiger partial charge in [0, 0.05) is 5.39 Å². The van der Waals surface area contributed by atoms with E-state index in [1.807, 2.05) is 0 Å². The molecule has 0 aliphatic carbocycles. The van der Waals surface area contributed by atoms with Crippen molar-refractivity contribution in [2.75, 3.05) is 5.32 Å². The summed E-state index contributed by atoms with van der Waals surface area (Å²) in [6.07, 6.45) is -4.67. The van der Waals surface area contributed by atoms with E-state index in [0.717, 1.165) is 11.8 Å². The van der Waals surface area contributed by atoms with Crippen molar-refractivity contribution in [3.63, 3.8) is 0 Å². The molecule has 3 N–H and O–H groups in total. The number of aromatic nitrogens is 3. The lowest BCUT2D eigenvalue weighted by Gasteiger charge is -2.09. The molecule has 0 spiro atoms. The average molecular weight is 512 g/mol. The minimum atomic E-state index is -4.67. The number of hydrogen-bond donors (Lipinski definition) is 2. The number of nitrogens with one attached hydrogen (secondary N) is 1. The van der Waals surface area contributed by atoms with Crippen LogP contribution in [-0.4, -0.2) is 26.6 Å². The van der Waals surface area contributed by atoms with Crippen LogP contribution in [0.1, 0.15) is 48.6 Å². The summed E-state index contributed by atoms with van der Waals surface area (Å²) in [5.41, 5.74) is 5.86. The van der Waals surface area contributed by atoms with Gasteiger partial charge in [-0.3, -0.25) is 14.3 Å². The number of nitrogens with zero attached hydrogens (tertiary/aromatic N) is 3. The summed E-state index contributed by atoms with van der Waals surface area (Å²) in [4.78, 5) is 28.2. The van der Waals surface area contributed by atoms with Gasteiger partial charge < -0.3 is 15.5 Å². The van der Waals surface area contributed by atoms with Crippen molar-refractivity contribution in [1.82, 2.24) is 14.8 Å². The number of halogens is 4. The summed E-state index contributed by atoms with van der Waals surface area (Å²) in [5.74, 6) is -1.27. The Morgan fingerprint density at radius 1 is 1.26 bits per heavy atom. The summed E-state index contributed by atoms with van der Waals surface area (Å²) in [6.45, 7) is 5.22. The number of alkyl halides is 3. The Hall–Kier alpha value is -3.38. The first-order valence-corrected chi connectivity index (χ1v) is 11.0. The number of rotatable bonds is 5. The van der Waals surface area contributed by atoms with Crippen molar-refractivity contribution >= 4 is 50.7 Å². The van der Waals surface area contributed by atoms with Crippen LogP contribution in [0.3, 0.4) is 0 Å². The van der Waals surface area contributed by atoms with Gasteiger partial charge in [0.2, 0.25) is 0 Å². The van der Waals surface area contributed by atoms with Gasteiger partial charge in [0.1, 0.15) is 21.2 Å². The van der Waals surface area contributed by atoms with Crippen LogP contribution in [0.2, 0.25) is 5.02 Å². The molecular formula is C21H17ClF3N5O3S. The molecule has 0 saturated carbocycles. The Bertz CT molecular complexity index is 1450. The lowest BCUT2D eigenvalue weighted by Crippen LogP contribution is -2.16. The van der Waals surface area contributed by atoms with E-state index in [1.54, 1.807) is 24.6 Å². The normalized spacial score (nSPS) is 11.9. The zero-order valence-corrected chi connectivity index (χ0v) is 19.6. The van der Waals surface area contributed by atoms with Gasteiger partial charge in [-0.05, 0) is 44.5 Å². The standard InChI is InChI=1S/C21H17ClF3N5O3S/c1-8-6-13(21(23,24)25)27-20-14(8)16(17(34-20)18(26)31)28-19(32)12-5-4-11(33-12)7-30-10(3)15(22)9(2)29-30/h4-6H,7H2,1-3H3,(H2,26,31)(H,28,32). The average Bonchev–Trinajstić information content (AvgIpc) is 3.42. The minimum absolute atomic E-state index is 0.0144. The fourth-order valence-electron chi connectivity index (χ4n) is 3.46. The molecule has 0 unspecified atom stereocenters. The van der Waals surface area contributed by atoms with E-state index in [1.165, 1.54) is 13.0 Å². The Kier molecular flexibility index (Phi) is 5.90. The number of primary amides is 1. The summed E-state index contributed by atoms with van der Waals surface area (Å²) in [7, 11) is 0. The van der Waals surface area contributed by atoms with E-state index in [-0.39, 0.29) is 38.6 Å². The van der Waals surface area contributed by atoms with Gasteiger partial charge in [-0.2, -0.15) is 18.3 Å². The third kappa shape index (κ3) is 4.26. The number of carbonyl (C=O) groups excluding carboxylic acids is 2. The highest BCUT2D eigenvalue weighted by molar-refractivity contribution is 7.21. The van der Waals surface area contributed by atoms with Crippen LogP contribution >= 0.6 is 22.9 Å². The maximum absolute atomic E-state index is 13.2. The highest BCUT2D eigenvalue weighted by atomic mass is 35.5. The molecule has 4 heterocycles. The molecule has 13 heteroatoms. The second-order valence-electron chi connectivity index (χ2n) is 7.54. The number of furan rings is 1. The smallest absolute Gasteiger partial charge is 0.433 e. The second-order valence-corrected chi connectivity index (χ2v) is 8.91. The molecule has 4 rings (SSSR count). The molecule has 4 aromatic rings. The highest BCUT2D eigenvalue weighted by Crippen LogP contribution is 2.40. The fourth-order valence-corrected chi connectivity index (χ4v) is 4.65. The largest absolute Gasteiger partial charge is 0.454 e. The number of fused-ring (bicyclic) bond motifs is 1. The lowest BCUT2D eigenvalue weighted by molar-refractivity contribution is -0.141. The first kappa shape index (κ1) is 23.8. The van der Waals surface area contributed by atoms with Gasteiger partial charge in [-0.1, -0.05) is 11.6 Å². The topological polar surface area (TPSA) is 116 Å². The Labute approximate surface area is 199 Å². The molecule has 4 aromatic heterocycles. The van der Waals surface area contributed by atoms with Crippen LogP contribution in [0.5, 0.6) is 0 Å². The third-order valence-electron chi connectivity index (χ3n) is 5.10. The number of aryl methyl sites for hydroxylation is 2. The van der Waals surface area contributed by atoms with Crippen LogP contribution in [0.15, 0.2) is 22.6 Å². The monoisotopic (exact) mass is 511 g/mol. The van der Waals surface area contributed by atoms with Gasteiger partial charge in [-0.15, -0.1) is 11.3 Å². The van der Waals surface area contributed by atoms with Crippen molar-refractivity contribution in [3.8, 4) is 0 Å². The molecular weight excluding hydrogens is 495 g/mol. The van der Waals surface area contributed by atoms with Crippen LogP contribution in [-0.2, 0) is 12.7 Å². The first-order chi connectivity index (χ1) is 15.9. The zero-order chi connectivity index (χ0) is 24.9. The Morgan fingerprint density at radius 3 is 2.56 bits per heavy atom.